The lowest BCUT2D eigenvalue weighted by atomic mass is 10.2. The monoisotopic (exact) mass is 256 g/mol. The first kappa shape index (κ1) is 10.3. The average molecular weight is 256 g/mol. The van der Waals surface area contributed by atoms with E-state index in [4.69, 9.17) is 17.3 Å². The zero-order valence-electron chi connectivity index (χ0n) is 7.21. The van der Waals surface area contributed by atoms with Gasteiger partial charge in [0.2, 0.25) is 0 Å². The maximum Gasteiger partial charge on any atom is 0.339 e. The van der Waals surface area contributed by atoms with Crippen LogP contribution in [0.1, 0.15) is 10.4 Å². The first-order chi connectivity index (χ1) is 7.20. The fourth-order valence-electron chi connectivity index (χ4n) is 1.03. The van der Waals surface area contributed by atoms with E-state index in [2.05, 4.69) is 9.97 Å². The van der Waals surface area contributed by atoms with Crippen LogP contribution in [0.25, 0.3) is 10.6 Å². The van der Waals surface area contributed by atoms with E-state index >= 15 is 0 Å². The molecule has 0 spiro atoms. The maximum absolute atomic E-state index is 11.0. The van der Waals surface area contributed by atoms with Gasteiger partial charge in [-0.05, 0) is 0 Å². The molecule has 0 saturated heterocycles. The van der Waals surface area contributed by atoms with Gasteiger partial charge in [0.25, 0.3) is 0 Å². The predicted molar refractivity (Wildman–Crippen MR) is 61.0 cm³/mol. The molecule has 0 unspecified atom stereocenters. The zero-order valence-corrected chi connectivity index (χ0v) is 9.66. The minimum Gasteiger partial charge on any atom is -0.478 e. The fraction of sp³-hybridized carbons (Fsp3) is 0. The van der Waals surface area contributed by atoms with Crippen molar-refractivity contribution in [3.63, 3.8) is 0 Å². The summed E-state index contributed by atoms with van der Waals surface area (Å²) in [6.07, 6.45) is 4.59. The van der Waals surface area contributed by atoms with Crippen molar-refractivity contribution in [3.05, 3.63) is 28.0 Å². The molecule has 0 amide bonds. The van der Waals surface area contributed by atoms with Crippen LogP contribution >= 0.6 is 32.9 Å². The Morgan fingerprint density at radius 3 is 2.80 bits per heavy atom. The highest BCUT2D eigenvalue weighted by Crippen LogP contribution is 2.32. The lowest BCUT2D eigenvalue weighted by Gasteiger charge is -1.96. The second-order valence-corrected chi connectivity index (χ2v) is 5.37. The molecule has 0 aliphatic carbocycles. The highest BCUT2D eigenvalue weighted by atomic mass is 32.9. The van der Waals surface area contributed by atoms with Crippen molar-refractivity contribution in [3.8, 4) is 10.6 Å². The summed E-state index contributed by atoms with van der Waals surface area (Å²) in [6.45, 7) is 0. The summed E-state index contributed by atoms with van der Waals surface area (Å²) in [5.74, 6) is -1.02. The zero-order chi connectivity index (χ0) is 10.8. The standard InChI is InChI=1S/C8H4N2O2S3/c11-7(12)5-6(14-15-8(5)13)4-3-9-1-2-10-4/h1-3H,(H,11,12). The third kappa shape index (κ3) is 1.94. The quantitative estimate of drug-likeness (QED) is 0.661. The van der Waals surface area contributed by atoms with Gasteiger partial charge in [-0.25, -0.2) is 4.79 Å². The number of rotatable bonds is 2. The van der Waals surface area contributed by atoms with Gasteiger partial charge in [-0.2, -0.15) is 0 Å². The highest BCUT2D eigenvalue weighted by Gasteiger charge is 2.17. The SMILES string of the molecule is O=C(O)c1c(-c2cnccn2)ssc1=S. The van der Waals surface area contributed by atoms with Crippen LogP contribution in [0.2, 0.25) is 0 Å². The number of aromatic carboxylic acids is 1. The largest absolute Gasteiger partial charge is 0.478 e. The Labute approximate surface area is 97.3 Å². The summed E-state index contributed by atoms with van der Waals surface area (Å²) >= 11 is 4.95. The van der Waals surface area contributed by atoms with Gasteiger partial charge in [-0.3, -0.25) is 9.97 Å². The lowest BCUT2D eigenvalue weighted by molar-refractivity contribution is 0.0698. The van der Waals surface area contributed by atoms with Crippen LogP contribution in [0.3, 0.4) is 0 Å². The fourth-order valence-corrected chi connectivity index (χ4v) is 3.78. The molecule has 0 aromatic carbocycles. The van der Waals surface area contributed by atoms with Crippen LogP contribution in [0.15, 0.2) is 18.6 Å². The summed E-state index contributed by atoms with van der Waals surface area (Å²) in [5, 5.41) is 9.00. The Morgan fingerprint density at radius 1 is 1.40 bits per heavy atom. The summed E-state index contributed by atoms with van der Waals surface area (Å²) in [5.41, 5.74) is 0.702. The van der Waals surface area contributed by atoms with E-state index in [1.807, 2.05) is 0 Å². The van der Waals surface area contributed by atoms with E-state index in [0.717, 1.165) is 0 Å². The van der Waals surface area contributed by atoms with E-state index in [1.165, 1.54) is 39.3 Å². The smallest absolute Gasteiger partial charge is 0.339 e. The van der Waals surface area contributed by atoms with Crippen molar-refractivity contribution in [1.82, 2.24) is 9.97 Å². The van der Waals surface area contributed by atoms with Crippen molar-refractivity contribution >= 4 is 38.9 Å². The first-order valence-electron chi connectivity index (χ1n) is 3.83. The topological polar surface area (TPSA) is 63.1 Å². The molecule has 2 aromatic heterocycles. The second-order valence-electron chi connectivity index (χ2n) is 2.55. The molecule has 76 valence electrons. The lowest BCUT2D eigenvalue weighted by Crippen LogP contribution is -1.97. The Hall–Kier alpha value is -1.18. The Kier molecular flexibility index (Phi) is 2.85. The Balaban J connectivity index is 2.65. The van der Waals surface area contributed by atoms with Gasteiger partial charge >= 0.3 is 5.97 Å². The van der Waals surface area contributed by atoms with E-state index < -0.39 is 5.97 Å². The molecule has 0 saturated carbocycles. The van der Waals surface area contributed by atoms with Crippen LogP contribution in [-0.4, -0.2) is 21.0 Å². The maximum atomic E-state index is 11.0. The minimum absolute atomic E-state index is 0.153. The van der Waals surface area contributed by atoms with Gasteiger partial charge in [-0.15, -0.1) is 0 Å². The summed E-state index contributed by atoms with van der Waals surface area (Å²) in [6, 6.07) is 0. The second kappa shape index (κ2) is 4.13. The Bertz CT molecular complexity index is 547. The highest BCUT2D eigenvalue weighted by molar-refractivity contribution is 7.80. The third-order valence-electron chi connectivity index (χ3n) is 1.64. The molecule has 0 aliphatic heterocycles. The summed E-state index contributed by atoms with van der Waals surface area (Å²) in [7, 11) is 2.57. The van der Waals surface area contributed by atoms with Crippen molar-refractivity contribution in [2.24, 2.45) is 0 Å². The van der Waals surface area contributed by atoms with Gasteiger partial charge in [-0.1, -0.05) is 32.9 Å². The molecule has 0 aliphatic rings. The third-order valence-corrected chi connectivity index (χ3v) is 4.68. The molecule has 2 rings (SSSR count). The van der Waals surface area contributed by atoms with Gasteiger partial charge < -0.3 is 5.11 Å². The molecule has 0 bridgehead atoms. The van der Waals surface area contributed by atoms with E-state index in [-0.39, 0.29) is 5.56 Å². The molecule has 1 N–H and O–H groups in total. The van der Waals surface area contributed by atoms with Crippen molar-refractivity contribution < 1.29 is 9.90 Å². The average Bonchev–Trinajstić information content (AvgIpc) is 2.61. The van der Waals surface area contributed by atoms with Crippen molar-refractivity contribution in [1.29, 1.82) is 0 Å². The molecule has 0 atom stereocenters. The number of carboxylic acid groups (broad SMARTS) is 1. The number of carboxylic acids is 1. The molecular formula is C8H4N2O2S3. The summed E-state index contributed by atoms with van der Waals surface area (Å²) < 4.78 is 0.383. The van der Waals surface area contributed by atoms with Gasteiger partial charge in [0.15, 0.2) is 0 Å². The number of aromatic nitrogens is 2. The number of hydrogen-bond acceptors (Lipinski definition) is 6. The van der Waals surface area contributed by atoms with E-state index in [1.54, 1.807) is 0 Å². The molecule has 4 nitrogen and oxygen atoms in total. The van der Waals surface area contributed by atoms with Gasteiger partial charge in [0.05, 0.1) is 11.1 Å². The molecule has 7 heteroatoms. The summed E-state index contributed by atoms with van der Waals surface area (Å²) in [4.78, 5) is 19.5. The predicted octanol–water partition coefficient (Wildman–Crippen LogP) is 2.69. The number of nitrogens with zero attached hydrogens (tertiary/aromatic N) is 2. The normalized spacial score (nSPS) is 10.1. The molecule has 2 heterocycles. The van der Waals surface area contributed by atoms with Crippen LogP contribution in [0, 0.1) is 3.82 Å². The molecule has 2 aromatic rings. The number of hydrogen-bond donors (Lipinski definition) is 1. The van der Waals surface area contributed by atoms with Crippen molar-refractivity contribution in [2.75, 3.05) is 0 Å². The first-order valence-corrected chi connectivity index (χ1v) is 6.39. The molecular weight excluding hydrogens is 252 g/mol. The van der Waals surface area contributed by atoms with Crippen LogP contribution < -0.4 is 0 Å². The minimum atomic E-state index is -1.02. The van der Waals surface area contributed by atoms with Crippen LogP contribution in [-0.2, 0) is 0 Å². The molecule has 0 radical (unpaired) electrons. The molecule has 15 heavy (non-hydrogen) atoms. The number of carbonyl (C=O) groups is 1. The van der Waals surface area contributed by atoms with E-state index in [0.29, 0.717) is 14.4 Å². The van der Waals surface area contributed by atoms with Crippen LogP contribution in [0.5, 0.6) is 0 Å². The Morgan fingerprint density at radius 2 is 2.20 bits per heavy atom. The van der Waals surface area contributed by atoms with E-state index in [9.17, 15) is 4.79 Å². The van der Waals surface area contributed by atoms with Crippen LogP contribution in [0.4, 0.5) is 0 Å². The molecule has 0 fully saturated rings. The van der Waals surface area contributed by atoms with Gasteiger partial charge in [0, 0.05) is 12.4 Å². The van der Waals surface area contributed by atoms with Crippen molar-refractivity contribution in [2.45, 2.75) is 0 Å². The van der Waals surface area contributed by atoms with Gasteiger partial charge in [0.1, 0.15) is 15.1 Å².